The SMILES string of the molecule is Cl.c1cc[c]([In][c]2ccccc2)cc1. The van der Waals surface area contributed by atoms with Gasteiger partial charge in [-0.15, -0.1) is 12.4 Å². The van der Waals surface area contributed by atoms with Crippen molar-refractivity contribution in [1.82, 2.24) is 0 Å². The Morgan fingerprint density at radius 1 is 0.571 bits per heavy atom. The zero-order valence-corrected chi connectivity index (χ0v) is 11.9. The van der Waals surface area contributed by atoms with E-state index in [1.165, 1.54) is 0 Å². The average molecular weight is 305 g/mol. The molecule has 0 aromatic heterocycles. The van der Waals surface area contributed by atoms with Gasteiger partial charge in [-0.1, -0.05) is 0 Å². The topological polar surface area (TPSA) is 0 Å². The summed E-state index contributed by atoms with van der Waals surface area (Å²) in [6, 6.07) is 21.7. The number of benzene rings is 2. The predicted molar refractivity (Wildman–Crippen MR) is 65.2 cm³/mol. The van der Waals surface area contributed by atoms with Crippen molar-refractivity contribution in [2.75, 3.05) is 0 Å². The van der Waals surface area contributed by atoms with Crippen LogP contribution in [0.2, 0.25) is 0 Å². The molecular weight excluding hydrogens is 294 g/mol. The van der Waals surface area contributed by atoms with Gasteiger partial charge in [-0.05, 0) is 0 Å². The third-order valence-electron chi connectivity index (χ3n) is 1.93. The van der Waals surface area contributed by atoms with E-state index in [-0.39, 0.29) is 12.4 Å². The van der Waals surface area contributed by atoms with Crippen LogP contribution in [0.15, 0.2) is 60.7 Å². The zero-order chi connectivity index (χ0) is 8.93. The van der Waals surface area contributed by atoms with Crippen LogP contribution in [0, 0.1) is 0 Å². The first-order chi connectivity index (χ1) is 6.45. The van der Waals surface area contributed by atoms with E-state index >= 15 is 0 Å². The quantitative estimate of drug-likeness (QED) is 0.793. The minimum atomic E-state index is -0.699. The minimum absolute atomic E-state index is 0. The molecule has 0 unspecified atom stereocenters. The first kappa shape index (κ1) is 11.7. The first-order valence-corrected chi connectivity index (χ1v) is 7.69. The van der Waals surface area contributed by atoms with Crippen LogP contribution in [-0.2, 0) is 0 Å². The monoisotopic (exact) mass is 305 g/mol. The van der Waals surface area contributed by atoms with E-state index in [2.05, 4.69) is 60.7 Å². The molecule has 0 aliphatic rings. The first-order valence-electron chi connectivity index (χ1n) is 4.40. The molecule has 0 heterocycles. The maximum atomic E-state index is 2.24. The molecule has 2 aromatic carbocycles. The summed E-state index contributed by atoms with van der Waals surface area (Å²) >= 11 is -0.699. The normalized spacial score (nSPS) is 8.86. The molecular formula is C12H11ClIn. The van der Waals surface area contributed by atoms with Gasteiger partial charge in [-0.3, -0.25) is 0 Å². The fourth-order valence-electron chi connectivity index (χ4n) is 1.29. The van der Waals surface area contributed by atoms with Crippen molar-refractivity contribution in [3.63, 3.8) is 0 Å². The van der Waals surface area contributed by atoms with Crippen molar-refractivity contribution >= 4 is 42.0 Å². The molecule has 0 spiro atoms. The van der Waals surface area contributed by atoms with Crippen LogP contribution in [0.25, 0.3) is 0 Å². The van der Waals surface area contributed by atoms with Crippen LogP contribution >= 0.6 is 12.4 Å². The van der Waals surface area contributed by atoms with E-state index in [0.717, 1.165) is 0 Å². The zero-order valence-electron chi connectivity index (χ0n) is 7.76. The molecule has 0 saturated carbocycles. The summed E-state index contributed by atoms with van der Waals surface area (Å²) < 4.78 is 3.12. The molecule has 0 atom stereocenters. The molecule has 14 heavy (non-hydrogen) atoms. The fraction of sp³-hybridized carbons (Fsp3) is 0. The number of hydrogen-bond acceptors (Lipinski definition) is 0. The number of rotatable bonds is 2. The Morgan fingerprint density at radius 2 is 0.929 bits per heavy atom. The molecule has 0 aliphatic heterocycles. The van der Waals surface area contributed by atoms with Gasteiger partial charge in [0.05, 0.1) is 0 Å². The molecule has 0 bridgehead atoms. The molecule has 2 rings (SSSR count). The maximum absolute atomic E-state index is 2.24. The van der Waals surface area contributed by atoms with Crippen LogP contribution in [0.3, 0.4) is 0 Å². The Balaban J connectivity index is 0.000000980. The van der Waals surface area contributed by atoms with E-state index in [1.54, 1.807) is 6.64 Å². The second kappa shape index (κ2) is 6.15. The Morgan fingerprint density at radius 3 is 1.29 bits per heavy atom. The standard InChI is InChI=1S/2C6H5.ClH.In/c2*1-2-4-6-5-3-1;;/h2*1-5H;1H;. The average Bonchev–Trinajstić information content (AvgIpc) is 2.21. The van der Waals surface area contributed by atoms with Crippen LogP contribution < -0.4 is 6.64 Å². The van der Waals surface area contributed by atoms with Gasteiger partial charge in [0.2, 0.25) is 0 Å². The van der Waals surface area contributed by atoms with Gasteiger partial charge >= 0.3 is 90.2 Å². The van der Waals surface area contributed by atoms with Gasteiger partial charge in [0.1, 0.15) is 0 Å². The number of hydrogen-bond donors (Lipinski definition) is 0. The van der Waals surface area contributed by atoms with Gasteiger partial charge < -0.3 is 0 Å². The van der Waals surface area contributed by atoms with Gasteiger partial charge in [0.15, 0.2) is 0 Å². The molecule has 69 valence electrons. The third-order valence-corrected chi connectivity index (χ3v) is 6.03. The van der Waals surface area contributed by atoms with Gasteiger partial charge in [-0.2, -0.15) is 0 Å². The summed E-state index contributed by atoms with van der Waals surface area (Å²) in [5, 5.41) is 0. The summed E-state index contributed by atoms with van der Waals surface area (Å²) in [7, 11) is 0. The van der Waals surface area contributed by atoms with Gasteiger partial charge in [0.25, 0.3) is 0 Å². The van der Waals surface area contributed by atoms with E-state index in [0.29, 0.717) is 0 Å². The van der Waals surface area contributed by atoms with Crippen molar-refractivity contribution in [3.05, 3.63) is 60.7 Å². The summed E-state index contributed by atoms with van der Waals surface area (Å²) in [5.41, 5.74) is 0. The van der Waals surface area contributed by atoms with Crippen molar-refractivity contribution in [2.45, 2.75) is 0 Å². The van der Waals surface area contributed by atoms with Crippen LogP contribution in [0.5, 0.6) is 0 Å². The number of halogens is 1. The fourth-order valence-corrected chi connectivity index (χ4v) is 4.76. The molecule has 2 aromatic rings. The van der Waals surface area contributed by atoms with Crippen LogP contribution in [0.4, 0.5) is 0 Å². The van der Waals surface area contributed by atoms with E-state index in [1.807, 2.05) is 0 Å². The van der Waals surface area contributed by atoms with Gasteiger partial charge in [0, 0.05) is 0 Å². The Kier molecular flexibility index (Phi) is 5.13. The van der Waals surface area contributed by atoms with Crippen molar-refractivity contribution in [3.8, 4) is 0 Å². The van der Waals surface area contributed by atoms with Crippen LogP contribution in [0.1, 0.15) is 0 Å². The molecule has 2 heteroatoms. The third kappa shape index (κ3) is 3.39. The Hall–Kier alpha value is -0.400. The summed E-state index contributed by atoms with van der Waals surface area (Å²) in [6.45, 7) is 0. The second-order valence-corrected chi connectivity index (χ2v) is 7.60. The Labute approximate surface area is 102 Å². The summed E-state index contributed by atoms with van der Waals surface area (Å²) in [6.07, 6.45) is 0. The Bertz CT molecular complexity index is 321. The van der Waals surface area contributed by atoms with Crippen LogP contribution in [-0.4, -0.2) is 22.9 Å². The summed E-state index contributed by atoms with van der Waals surface area (Å²) in [4.78, 5) is 0. The van der Waals surface area contributed by atoms with Crippen molar-refractivity contribution < 1.29 is 0 Å². The van der Waals surface area contributed by atoms with E-state index in [9.17, 15) is 0 Å². The van der Waals surface area contributed by atoms with Crippen molar-refractivity contribution in [1.29, 1.82) is 0 Å². The molecule has 0 aliphatic carbocycles. The molecule has 0 saturated heterocycles. The molecule has 0 fully saturated rings. The molecule has 0 N–H and O–H groups in total. The van der Waals surface area contributed by atoms with Gasteiger partial charge in [-0.25, -0.2) is 0 Å². The predicted octanol–water partition coefficient (Wildman–Crippen LogP) is 1.76. The second-order valence-electron chi connectivity index (χ2n) is 2.97. The molecule has 0 nitrogen and oxygen atoms in total. The van der Waals surface area contributed by atoms with E-state index in [4.69, 9.17) is 0 Å². The van der Waals surface area contributed by atoms with Crippen molar-refractivity contribution in [2.24, 2.45) is 0 Å². The molecule has 0 amide bonds. The summed E-state index contributed by atoms with van der Waals surface area (Å²) in [5.74, 6) is 0. The van der Waals surface area contributed by atoms with E-state index < -0.39 is 22.9 Å². The molecule has 1 radical (unpaired) electrons.